The number of para-hydroxylation sites is 2. The monoisotopic (exact) mass is 661 g/mol. The molecule has 0 fully saturated rings. The first kappa shape index (κ1) is 28.6. The molecule has 6 aromatic rings. The number of sulfone groups is 1. The summed E-state index contributed by atoms with van der Waals surface area (Å²) in [4.78, 5) is 15.8. The van der Waals surface area contributed by atoms with E-state index in [1.807, 2.05) is 77.7 Å². The molecule has 0 aliphatic rings. The molecule has 3 aromatic carbocycles. The highest BCUT2D eigenvalue weighted by atomic mass is 79.9. The summed E-state index contributed by atoms with van der Waals surface area (Å²) in [5, 5.41) is 4.18. The van der Waals surface area contributed by atoms with Crippen molar-refractivity contribution in [2.24, 2.45) is 0 Å². The van der Waals surface area contributed by atoms with Crippen LogP contribution in [0.15, 0.2) is 88.6 Å². The van der Waals surface area contributed by atoms with Gasteiger partial charge in [0.15, 0.2) is 5.65 Å². The van der Waals surface area contributed by atoms with Gasteiger partial charge in [-0.2, -0.15) is 19.6 Å². The maximum absolute atomic E-state index is 12.7. The van der Waals surface area contributed by atoms with E-state index in [0.717, 1.165) is 45.7 Å². The summed E-state index contributed by atoms with van der Waals surface area (Å²) < 4.78 is 40.3. The van der Waals surface area contributed by atoms with E-state index in [4.69, 9.17) is 14.5 Å². The molecule has 13 heteroatoms. The Morgan fingerprint density at radius 3 is 2.14 bits per heavy atom. The van der Waals surface area contributed by atoms with Gasteiger partial charge in [-0.3, -0.25) is 0 Å². The summed E-state index contributed by atoms with van der Waals surface area (Å²) in [6.07, 6.45) is 2.67. The first-order chi connectivity index (χ1) is 20.7. The highest BCUT2D eigenvalue weighted by molar-refractivity contribution is 9.10. The normalized spacial score (nSPS) is 11.7. The van der Waals surface area contributed by atoms with E-state index in [1.54, 1.807) is 24.9 Å². The Morgan fingerprint density at radius 2 is 1.49 bits per heavy atom. The van der Waals surface area contributed by atoms with Crippen molar-refractivity contribution in [3.05, 3.63) is 100 Å². The minimum absolute atomic E-state index is 0.289. The van der Waals surface area contributed by atoms with Gasteiger partial charge in [0, 0.05) is 19.3 Å². The van der Waals surface area contributed by atoms with Gasteiger partial charge in [-0.05, 0) is 63.5 Å². The number of benzene rings is 3. The number of nitrogens with zero attached hydrogens (tertiary/aromatic N) is 7. The molecule has 0 spiro atoms. The standard InChI is InChI=1S/C30H28BrN7O4S/c1-41-22-12-8-20(9-13-22)17-36(30-35-29(43(3,39)40)34-28-24(31)16-32-38(28)30)19-27-33-25-6-4-5-7-26(25)37(27)18-21-10-14-23(42-2)15-11-21/h4-16H,17-19H2,1-3H3. The Kier molecular flexibility index (Phi) is 7.75. The van der Waals surface area contributed by atoms with Crippen LogP contribution in [0, 0.1) is 0 Å². The van der Waals surface area contributed by atoms with Crippen LogP contribution in [-0.2, 0) is 29.5 Å². The molecule has 11 nitrogen and oxygen atoms in total. The molecular weight excluding hydrogens is 634 g/mol. The zero-order valence-electron chi connectivity index (χ0n) is 23.7. The van der Waals surface area contributed by atoms with Crippen LogP contribution in [0.4, 0.5) is 5.95 Å². The summed E-state index contributed by atoms with van der Waals surface area (Å²) >= 11 is 3.46. The fourth-order valence-electron chi connectivity index (χ4n) is 4.84. The highest BCUT2D eigenvalue weighted by Gasteiger charge is 2.24. The molecule has 0 N–H and O–H groups in total. The van der Waals surface area contributed by atoms with Gasteiger partial charge >= 0.3 is 0 Å². The Balaban J connectivity index is 1.49. The molecule has 0 radical (unpaired) electrons. The van der Waals surface area contributed by atoms with Gasteiger partial charge in [0.05, 0.1) is 42.5 Å². The molecule has 0 aliphatic heterocycles. The zero-order chi connectivity index (χ0) is 30.1. The predicted octanol–water partition coefficient (Wildman–Crippen LogP) is 4.91. The molecule has 0 atom stereocenters. The lowest BCUT2D eigenvalue weighted by atomic mass is 10.2. The number of hydrogen-bond acceptors (Lipinski definition) is 9. The van der Waals surface area contributed by atoms with Crippen LogP contribution >= 0.6 is 15.9 Å². The van der Waals surface area contributed by atoms with Gasteiger partial charge in [-0.15, -0.1) is 0 Å². The molecule has 43 heavy (non-hydrogen) atoms. The van der Waals surface area contributed by atoms with Crippen LogP contribution in [0.3, 0.4) is 0 Å². The largest absolute Gasteiger partial charge is 0.497 e. The predicted molar refractivity (Wildman–Crippen MR) is 166 cm³/mol. The smallest absolute Gasteiger partial charge is 0.252 e. The molecule has 3 heterocycles. The van der Waals surface area contributed by atoms with Gasteiger partial charge in [-0.1, -0.05) is 36.4 Å². The molecule has 0 saturated carbocycles. The van der Waals surface area contributed by atoms with E-state index < -0.39 is 9.84 Å². The Bertz CT molecular complexity index is 2020. The number of imidazole rings is 1. The van der Waals surface area contributed by atoms with Crippen molar-refractivity contribution in [2.45, 2.75) is 24.8 Å². The number of halogens is 1. The van der Waals surface area contributed by atoms with E-state index in [-0.39, 0.29) is 5.16 Å². The lowest BCUT2D eigenvalue weighted by Crippen LogP contribution is -2.28. The van der Waals surface area contributed by atoms with Crippen molar-refractivity contribution in [3.8, 4) is 11.5 Å². The third kappa shape index (κ3) is 5.90. The van der Waals surface area contributed by atoms with Crippen molar-refractivity contribution in [2.75, 3.05) is 25.4 Å². The van der Waals surface area contributed by atoms with Gasteiger partial charge in [0.25, 0.3) is 5.16 Å². The Morgan fingerprint density at radius 1 is 0.837 bits per heavy atom. The lowest BCUT2D eigenvalue weighted by molar-refractivity contribution is 0.414. The second-order valence-corrected chi connectivity index (χ2v) is 12.7. The number of rotatable bonds is 10. The van der Waals surface area contributed by atoms with Crippen LogP contribution in [-0.4, -0.2) is 58.0 Å². The SMILES string of the molecule is COc1ccc(CN(Cc2nc3ccccc3n2Cc2ccc(OC)cc2)c2nc(S(C)(=O)=O)nc3c(Br)cnn23)cc1. The van der Waals surface area contributed by atoms with Crippen LogP contribution in [0.5, 0.6) is 11.5 Å². The average Bonchev–Trinajstić information content (AvgIpc) is 3.56. The van der Waals surface area contributed by atoms with Crippen molar-refractivity contribution in [3.63, 3.8) is 0 Å². The number of methoxy groups -OCH3 is 2. The number of anilines is 1. The van der Waals surface area contributed by atoms with Gasteiger partial charge < -0.3 is 18.9 Å². The second-order valence-electron chi connectivity index (χ2n) is 9.96. The van der Waals surface area contributed by atoms with Gasteiger partial charge in [-0.25, -0.2) is 13.4 Å². The third-order valence-corrected chi connectivity index (χ3v) is 8.41. The first-order valence-corrected chi connectivity index (χ1v) is 16.0. The summed E-state index contributed by atoms with van der Waals surface area (Å²) in [6.45, 7) is 1.24. The van der Waals surface area contributed by atoms with Crippen molar-refractivity contribution in [1.29, 1.82) is 0 Å². The summed E-state index contributed by atoms with van der Waals surface area (Å²) in [5.74, 6) is 2.60. The summed E-state index contributed by atoms with van der Waals surface area (Å²) in [5.41, 5.74) is 4.20. The highest BCUT2D eigenvalue weighted by Crippen LogP contribution is 2.27. The fraction of sp³-hybridized carbons (Fsp3) is 0.200. The van der Waals surface area contributed by atoms with Crippen LogP contribution in [0.1, 0.15) is 17.0 Å². The van der Waals surface area contributed by atoms with Crippen LogP contribution in [0.2, 0.25) is 0 Å². The molecule has 6 rings (SSSR count). The quantitative estimate of drug-likeness (QED) is 0.202. The van der Waals surface area contributed by atoms with Crippen molar-refractivity contribution < 1.29 is 17.9 Å². The first-order valence-electron chi connectivity index (χ1n) is 13.3. The maximum atomic E-state index is 12.7. The van der Waals surface area contributed by atoms with E-state index >= 15 is 0 Å². The Hall–Kier alpha value is -4.49. The number of hydrogen-bond donors (Lipinski definition) is 0. The zero-order valence-corrected chi connectivity index (χ0v) is 26.1. The van der Waals surface area contributed by atoms with E-state index in [2.05, 4.69) is 35.6 Å². The molecule has 0 bridgehead atoms. The fourth-order valence-corrected chi connectivity index (χ4v) is 5.69. The lowest BCUT2D eigenvalue weighted by Gasteiger charge is -2.25. The molecule has 0 amide bonds. The van der Waals surface area contributed by atoms with Crippen molar-refractivity contribution in [1.82, 2.24) is 29.1 Å². The number of fused-ring (bicyclic) bond motifs is 2. The molecular formula is C30H28BrN7O4S. The third-order valence-electron chi connectivity index (χ3n) is 7.00. The van der Waals surface area contributed by atoms with Crippen molar-refractivity contribution >= 4 is 48.4 Å². The number of ether oxygens (including phenoxy) is 2. The van der Waals surface area contributed by atoms with Crippen LogP contribution in [0.25, 0.3) is 16.7 Å². The Labute approximate surface area is 256 Å². The topological polar surface area (TPSA) is 117 Å². The molecule has 0 unspecified atom stereocenters. The summed E-state index contributed by atoms with van der Waals surface area (Å²) in [6, 6.07) is 23.6. The van der Waals surface area contributed by atoms with Crippen LogP contribution < -0.4 is 14.4 Å². The number of aromatic nitrogens is 6. The van der Waals surface area contributed by atoms with Gasteiger partial charge in [0.2, 0.25) is 15.8 Å². The van der Waals surface area contributed by atoms with E-state index in [1.165, 1.54) is 0 Å². The molecule has 0 saturated heterocycles. The second kappa shape index (κ2) is 11.7. The average molecular weight is 663 g/mol. The minimum atomic E-state index is -3.73. The molecule has 220 valence electrons. The maximum Gasteiger partial charge on any atom is 0.252 e. The van der Waals surface area contributed by atoms with E-state index in [9.17, 15) is 8.42 Å². The minimum Gasteiger partial charge on any atom is -0.497 e. The van der Waals surface area contributed by atoms with Gasteiger partial charge in [0.1, 0.15) is 17.3 Å². The van der Waals surface area contributed by atoms with E-state index in [0.29, 0.717) is 35.7 Å². The summed E-state index contributed by atoms with van der Waals surface area (Å²) in [7, 11) is -0.470. The molecule has 0 aliphatic carbocycles. The molecule has 3 aromatic heterocycles.